The monoisotopic (exact) mass is 157 g/mol. The number of nitrogens with zero attached hydrogens (tertiary/aromatic N) is 1. The Morgan fingerprint density at radius 2 is 2.25 bits per heavy atom. The summed E-state index contributed by atoms with van der Waals surface area (Å²) in [6.07, 6.45) is 1.08. The van der Waals surface area contributed by atoms with Crippen LogP contribution in [0.25, 0.3) is 0 Å². The van der Waals surface area contributed by atoms with Crippen LogP contribution in [0.3, 0.4) is 0 Å². The highest BCUT2D eigenvalue weighted by Gasteiger charge is 2.14. The molecular weight excluding hydrogens is 145 g/mol. The first kappa shape index (κ1) is 7.60. The summed E-state index contributed by atoms with van der Waals surface area (Å²) in [5, 5.41) is 0. The van der Waals surface area contributed by atoms with E-state index in [1.165, 1.54) is 22.3 Å². The molecule has 1 aliphatic heterocycles. The first-order valence-electron chi connectivity index (χ1n) is 4.46. The summed E-state index contributed by atoms with van der Waals surface area (Å²) >= 11 is 0. The summed E-state index contributed by atoms with van der Waals surface area (Å²) in [6, 6.07) is 6.47. The largest absolute Gasteiger partial charge is 0.268 e. The third-order valence-electron chi connectivity index (χ3n) is 2.33. The summed E-state index contributed by atoms with van der Waals surface area (Å²) in [5.41, 5.74) is 5.25. The van der Waals surface area contributed by atoms with Gasteiger partial charge in [-0.3, -0.25) is 4.99 Å². The maximum absolute atomic E-state index is 4.54. The number of hydrogen-bond donors (Lipinski definition) is 0. The first-order valence-corrected chi connectivity index (χ1v) is 4.46. The molecule has 1 aliphatic rings. The Labute approximate surface area is 73.8 Å². The van der Waals surface area contributed by atoms with Crippen molar-refractivity contribution in [3.63, 3.8) is 0 Å². The zero-order valence-electron chi connectivity index (χ0n) is 7.59. The van der Waals surface area contributed by atoms with E-state index in [0.29, 0.717) is 0 Å². The van der Waals surface area contributed by atoms with Gasteiger partial charge < -0.3 is 0 Å². The molecule has 0 saturated carbocycles. The van der Waals surface area contributed by atoms with Gasteiger partial charge in [0.2, 0.25) is 7.28 Å². The van der Waals surface area contributed by atoms with Gasteiger partial charge in [-0.2, -0.15) is 0 Å². The molecular formula is C10H12BN. The number of hydrogen-bond acceptors (Lipinski definition) is 1. The van der Waals surface area contributed by atoms with Crippen LogP contribution < -0.4 is 5.46 Å². The molecule has 0 spiro atoms. The summed E-state index contributed by atoms with van der Waals surface area (Å²) in [7, 11) is 1.04. The molecule has 0 saturated heterocycles. The highest BCUT2D eigenvalue weighted by molar-refractivity contribution is 6.87. The number of para-hydroxylation sites is 1. The molecule has 0 unspecified atom stereocenters. The number of fused-ring (bicyclic) bond motifs is 1. The minimum absolute atomic E-state index is 1.04. The Bertz CT molecular complexity index is 342. The summed E-state index contributed by atoms with van der Waals surface area (Å²) < 4.78 is 0. The van der Waals surface area contributed by atoms with Crippen molar-refractivity contribution in [2.45, 2.75) is 20.3 Å². The van der Waals surface area contributed by atoms with Crippen LogP contribution in [0.4, 0.5) is 5.69 Å². The van der Waals surface area contributed by atoms with Gasteiger partial charge in [0, 0.05) is 0 Å². The van der Waals surface area contributed by atoms with Gasteiger partial charge in [-0.05, 0) is 24.5 Å². The molecule has 1 aromatic carbocycles. The van der Waals surface area contributed by atoms with E-state index in [1.54, 1.807) is 0 Å². The summed E-state index contributed by atoms with van der Waals surface area (Å²) in [6.45, 7) is 4.28. The summed E-state index contributed by atoms with van der Waals surface area (Å²) in [4.78, 5) is 4.54. The molecule has 60 valence electrons. The fourth-order valence-corrected chi connectivity index (χ4v) is 1.72. The molecule has 1 heterocycles. The van der Waals surface area contributed by atoms with Crippen molar-refractivity contribution in [2.24, 2.45) is 4.99 Å². The van der Waals surface area contributed by atoms with E-state index in [0.717, 1.165) is 13.7 Å². The topological polar surface area (TPSA) is 12.4 Å². The molecule has 0 aliphatic carbocycles. The molecule has 0 amide bonds. The predicted molar refractivity (Wildman–Crippen MR) is 55.4 cm³/mol. The minimum atomic E-state index is 1.04. The lowest BCUT2D eigenvalue weighted by Gasteiger charge is -2.02. The molecule has 1 nitrogen and oxygen atoms in total. The molecule has 2 rings (SSSR count). The van der Waals surface area contributed by atoms with Crippen LogP contribution in [0.1, 0.15) is 19.4 Å². The van der Waals surface area contributed by atoms with E-state index in [1.807, 2.05) is 0 Å². The average Bonchev–Trinajstić information content (AvgIpc) is 2.44. The van der Waals surface area contributed by atoms with E-state index < -0.39 is 0 Å². The highest BCUT2D eigenvalue weighted by Crippen LogP contribution is 2.20. The zero-order valence-corrected chi connectivity index (χ0v) is 7.59. The molecule has 0 N–H and O–H groups in total. The maximum Gasteiger partial charge on any atom is 0.213 e. The third kappa shape index (κ3) is 1.08. The van der Waals surface area contributed by atoms with E-state index in [2.05, 4.69) is 37.0 Å². The summed E-state index contributed by atoms with van der Waals surface area (Å²) in [5.74, 6) is 0. The van der Waals surface area contributed by atoms with Gasteiger partial charge >= 0.3 is 0 Å². The molecule has 2 heteroatoms. The second-order valence-electron chi connectivity index (χ2n) is 3.30. The van der Waals surface area contributed by atoms with Crippen LogP contribution >= 0.6 is 0 Å². The lowest BCUT2D eigenvalue weighted by atomic mass is 9.67. The number of benzene rings is 1. The van der Waals surface area contributed by atoms with Gasteiger partial charge in [0.05, 0.1) is 5.69 Å². The lowest BCUT2D eigenvalue weighted by molar-refractivity contribution is 1.14. The molecule has 0 aromatic heterocycles. The highest BCUT2D eigenvalue weighted by atomic mass is 14.8. The van der Waals surface area contributed by atoms with Crippen LogP contribution in [0.15, 0.2) is 23.2 Å². The molecule has 0 atom stereocenters. The van der Waals surface area contributed by atoms with Crippen molar-refractivity contribution < 1.29 is 0 Å². The molecule has 0 bridgehead atoms. The van der Waals surface area contributed by atoms with Gasteiger partial charge in [0.1, 0.15) is 0 Å². The van der Waals surface area contributed by atoms with Crippen molar-refractivity contribution in [1.29, 1.82) is 0 Å². The van der Waals surface area contributed by atoms with Crippen LogP contribution in [0.5, 0.6) is 0 Å². The van der Waals surface area contributed by atoms with Gasteiger partial charge in [0.25, 0.3) is 0 Å². The second kappa shape index (κ2) is 2.78. The zero-order chi connectivity index (χ0) is 8.55. The van der Waals surface area contributed by atoms with Crippen LogP contribution in [0.2, 0.25) is 0 Å². The van der Waals surface area contributed by atoms with E-state index >= 15 is 0 Å². The van der Waals surface area contributed by atoms with Crippen molar-refractivity contribution in [2.75, 3.05) is 0 Å². The molecule has 0 radical (unpaired) electrons. The van der Waals surface area contributed by atoms with Crippen LogP contribution in [-0.2, 0) is 6.42 Å². The van der Waals surface area contributed by atoms with Crippen molar-refractivity contribution >= 4 is 24.0 Å². The quantitative estimate of drug-likeness (QED) is 0.546. The fraction of sp³-hybridized carbons (Fsp3) is 0.300. The molecule has 12 heavy (non-hydrogen) atoms. The molecule has 0 fully saturated rings. The maximum atomic E-state index is 4.54. The van der Waals surface area contributed by atoms with Gasteiger partial charge in [0.15, 0.2) is 0 Å². The standard InChI is InChI=1S/C10H12BN/c1-3-8-5-4-6-9-10(8)12-7(2)11-9/h4-6,11H,3H2,1-2H3. The van der Waals surface area contributed by atoms with Crippen molar-refractivity contribution in [1.82, 2.24) is 0 Å². The SMILES string of the molecule is CCc1cccc2c1N=C(C)B2. The Balaban J connectivity index is 2.55. The van der Waals surface area contributed by atoms with Crippen LogP contribution in [0, 0.1) is 0 Å². The van der Waals surface area contributed by atoms with E-state index in [9.17, 15) is 0 Å². The van der Waals surface area contributed by atoms with Gasteiger partial charge in [-0.1, -0.05) is 30.6 Å². The smallest absolute Gasteiger partial charge is 0.213 e. The van der Waals surface area contributed by atoms with Crippen LogP contribution in [-0.4, -0.2) is 12.9 Å². The number of aliphatic imine (C=N–C) groups is 1. The first-order chi connectivity index (χ1) is 5.81. The van der Waals surface area contributed by atoms with Crippen molar-refractivity contribution in [3.05, 3.63) is 23.8 Å². The number of aryl methyl sites for hydroxylation is 1. The Morgan fingerprint density at radius 3 is 3.00 bits per heavy atom. The van der Waals surface area contributed by atoms with Gasteiger partial charge in [-0.15, -0.1) is 0 Å². The molecule has 1 aromatic rings. The normalized spacial score (nSPS) is 13.7. The van der Waals surface area contributed by atoms with Crippen molar-refractivity contribution in [3.8, 4) is 0 Å². The Kier molecular flexibility index (Phi) is 1.76. The fourth-order valence-electron chi connectivity index (χ4n) is 1.72. The average molecular weight is 157 g/mol. The van der Waals surface area contributed by atoms with Gasteiger partial charge in [-0.25, -0.2) is 0 Å². The predicted octanol–water partition coefficient (Wildman–Crippen LogP) is 1.37. The minimum Gasteiger partial charge on any atom is -0.268 e. The Hall–Kier alpha value is -1.05. The lowest BCUT2D eigenvalue weighted by Crippen LogP contribution is -2.15. The second-order valence-corrected chi connectivity index (χ2v) is 3.30. The third-order valence-corrected chi connectivity index (χ3v) is 2.33. The van der Waals surface area contributed by atoms with E-state index in [-0.39, 0.29) is 0 Å². The Morgan fingerprint density at radius 1 is 1.42 bits per heavy atom. The number of rotatable bonds is 1. The van der Waals surface area contributed by atoms with E-state index in [4.69, 9.17) is 0 Å².